The van der Waals surface area contributed by atoms with E-state index in [1.807, 2.05) is 0 Å². The fourth-order valence-corrected chi connectivity index (χ4v) is 2.48. The Kier molecular flexibility index (Phi) is 4.12. The van der Waals surface area contributed by atoms with Crippen LogP contribution in [0, 0.1) is 6.92 Å². The summed E-state index contributed by atoms with van der Waals surface area (Å²) in [4.78, 5) is 10.9. The van der Waals surface area contributed by atoms with Crippen LogP contribution >= 0.6 is 0 Å². The number of nitrogens with one attached hydrogen (secondary N) is 1. The molecule has 1 amide bonds. The van der Waals surface area contributed by atoms with E-state index in [1.54, 1.807) is 19.1 Å². The van der Waals surface area contributed by atoms with Crippen molar-refractivity contribution in [3.8, 4) is 11.1 Å². The van der Waals surface area contributed by atoms with Gasteiger partial charge in [0.1, 0.15) is 12.3 Å². The molecule has 1 aliphatic heterocycles. The second kappa shape index (κ2) is 6.12. The zero-order chi connectivity index (χ0) is 18.2. The first-order valence-electron chi connectivity index (χ1n) is 7.33. The number of halogens is 3. The number of ether oxygens (including phenoxy) is 1. The molecule has 3 rings (SSSR count). The highest BCUT2D eigenvalue weighted by molar-refractivity contribution is 6.04. The van der Waals surface area contributed by atoms with E-state index in [0.717, 1.165) is 11.6 Å². The number of alkyl halides is 3. The molecule has 0 radical (unpaired) electrons. The van der Waals surface area contributed by atoms with Crippen molar-refractivity contribution in [2.75, 3.05) is 12.3 Å². The van der Waals surface area contributed by atoms with E-state index in [-0.39, 0.29) is 23.4 Å². The van der Waals surface area contributed by atoms with E-state index in [4.69, 9.17) is 10.5 Å². The van der Waals surface area contributed by atoms with Crippen LogP contribution < -0.4 is 11.2 Å². The average Bonchev–Trinajstić information content (AvgIpc) is 2.57. The summed E-state index contributed by atoms with van der Waals surface area (Å²) in [5.41, 5.74) is 9.11. The van der Waals surface area contributed by atoms with Crippen LogP contribution in [0.3, 0.4) is 0 Å². The van der Waals surface area contributed by atoms with Gasteiger partial charge in [0.05, 0.1) is 5.56 Å². The highest BCUT2D eigenvalue weighted by Gasteiger charge is 2.34. The van der Waals surface area contributed by atoms with Gasteiger partial charge in [-0.3, -0.25) is 0 Å². The average molecular weight is 349 g/mol. The fraction of sp³-hybridized carbons (Fsp3) is 0.176. The molecule has 0 saturated heterocycles. The number of carbonyl (C=O) groups excluding carboxylic acids is 1. The summed E-state index contributed by atoms with van der Waals surface area (Å²) < 4.78 is 45.4. The Morgan fingerprint density at radius 2 is 1.88 bits per heavy atom. The van der Waals surface area contributed by atoms with Gasteiger partial charge in [0.2, 0.25) is 0 Å². The molecule has 3 N–H and O–H groups in total. The molecule has 0 bridgehead atoms. The zero-order valence-electron chi connectivity index (χ0n) is 13.1. The van der Waals surface area contributed by atoms with Crippen LogP contribution in [0.25, 0.3) is 11.1 Å². The maximum absolute atomic E-state index is 13.6. The number of aryl methyl sites for hydroxylation is 1. The minimum absolute atomic E-state index is 0.0179. The lowest BCUT2D eigenvalue weighted by atomic mass is 9.94. The Labute approximate surface area is 141 Å². The standard InChI is InChI=1S/C17H14F3N3O2/c1-9-2-3-10(7-14(9)21)12-5-4-11(6-13(12)17(18,19)20)15-8-25-16(24)23-22-15/h2-7H,8,21H2,1H3,(H,23,24). The first-order valence-corrected chi connectivity index (χ1v) is 7.33. The molecule has 0 fully saturated rings. The summed E-state index contributed by atoms with van der Waals surface area (Å²) >= 11 is 0. The third-order valence-corrected chi connectivity index (χ3v) is 3.87. The second-order valence-electron chi connectivity index (χ2n) is 5.58. The number of benzene rings is 2. The number of hydrogen-bond acceptors (Lipinski definition) is 4. The topological polar surface area (TPSA) is 76.7 Å². The third kappa shape index (κ3) is 3.42. The highest BCUT2D eigenvalue weighted by atomic mass is 19.4. The number of rotatable bonds is 2. The van der Waals surface area contributed by atoms with Gasteiger partial charge in [0.15, 0.2) is 0 Å². The lowest BCUT2D eigenvalue weighted by molar-refractivity contribution is -0.137. The molecule has 0 atom stereocenters. The number of nitrogen functional groups attached to an aromatic ring is 1. The normalized spacial score (nSPS) is 14.6. The molecule has 1 heterocycles. The molecule has 5 nitrogen and oxygen atoms in total. The predicted octanol–water partition coefficient (Wildman–Crippen LogP) is 3.71. The van der Waals surface area contributed by atoms with Crippen LogP contribution in [-0.4, -0.2) is 18.4 Å². The Bertz CT molecular complexity index is 876. The fourth-order valence-electron chi connectivity index (χ4n) is 2.48. The lowest BCUT2D eigenvalue weighted by Gasteiger charge is -2.18. The van der Waals surface area contributed by atoms with E-state index in [1.165, 1.54) is 18.2 Å². The molecular formula is C17H14F3N3O2. The minimum Gasteiger partial charge on any atom is -0.442 e. The number of anilines is 1. The van der Waals surface area contributed by atoms with Gasteiger partial charge in [-0.1, -0.05) is 24.3 Å². The van der Waals surface area contributed by atoms with Crippen LogP contribution in [0.15, 0.2) is 41.5 Å². The zero-order valence-corrected chi connectivity index (χ0v) is 13.1. The quantitative estimate of drug-likeness (QED) is 0.812. The molecule has 130 valence electrons. The lowest BCUT2D eigenvalue weighted by Crippen LogP contribution is -2.30. The van der Waals surface area contributed by atoms with Crippen molar-refractivity contribution in [3.63, 3.8) is 0 Å². The maximum atomic E-state index is 13.6. The van der Waals surface area contributed by atoms with Crippen molar-refractivity contribution in [2.24, 2.45) is 5.10 Å². The first kappa shape index (κ1) is 16.8. The van der Waals surface area contributed by atoms with E-state index < -0.39 is 17.8 Å². The Morgan fingerprint density at radius 1 is 1.16 bits per heavy atom. The number of carbonyl (C=O) groups is 1. The summed E-state index contributed by atoms with van der Waals surface area (Å²) in [6.07, 6.45) is -5.31. The van der Waals surface area contributed by atoms with E-state index in [0.29, 0.717) is 11.3 Å². The molecule has 8 heteroatoms. The molecule has 0 saturated carbocycles. The number of hydrogen-bond donors (Lipinski definition) is 2. The molecular weight excluding hydrogens is 335 g/mol. The summed E-state index contributed by atoms with van der Waals surface area (Å²) in [6, 6.07) is 8.64. The molecule has 0 aliphatic carbocycles. The Morgan fingerprint density at radius 3 is 2.48 bits per heavy atom. The summed E-state index contributed by atoms with van der Waals surface area (Å²) in [6.45, 7) is 1.59. The molecule has 25 heavy (non-hydrogen) atoms. The molecule has 2 aromatic carbocycles. The molecule has 0 aromatic heterocycles. The SMILES string of the molecule is Cc1ccc(-c2ccc(C3=NNC(=O)OC3)cc2C(F)(F)F)cc1N. The first-order chi connectivity index (χ1) is 11.8. The number of hydrazone groups is 1. The van der Waals surface area contributed by atoms with Crippen molar-refractivity contribution in [2.45, 2.75) is 13.1 Å². The van der Waals surface area contributed by atoms with Crippen molar-refractivity contribution in [3.05, 3.63) is 53.1 Å². The maximum Gasteiger partial charge on any atom is 0.428 e. The molecule has 0 spiro atoms. The summed E-state index contributed by atoms with van der Waals surface area (Å²) in [7, 11) is 0. The largest absolute Gasteiger partial charge is 0.442 e. The van der Waals surface area contributed by atoms with Gasteiger partial charge < -0.3 is 10.5 Å². The van der Waals surface area contributed by atoms with Crippen molar-refractivity contribution < 1.29 is 22.7 Å². The Hall–Kier alpha value is -3.03. The molecule has 2 aromatic rings. The predicted molar refractivity (Wildman–Crippen MR) is 87.1 cm³/mol. The van der Waals surface area contributed by atoms with Gasteiger partial charge >= 0.3 is 12.3 Å². The van der Waals surface area contributed by atoms with Gasteiger partial charge in [0.25, 0.3) is 0 Å². The number of nitrogens with zero attached hydrogens (tertiary/aromatic N) is 1. The van der Waals surface area contributed by atoms with Gasteiger partial charge in [-0.2, -0.15) is 18.3 Å². The van der Waals surface area contributed by atoms with Gasteiger partial charge in [-0.05, 0) is 35.7 Å². The molecule has 1 aliphatic rings. The number of cyclic esters (lactones) is 1. The highest BCUT2D eigenvalue weighted by Crippen LogP contribution is 2.38. The number of nitrogens with two attached hydrogens (primary N) is 1. The molecule has 0 unspecified atom stereocenters. The number of amides is 1. The van der Waals surface area contributed by atoms with E-state index in [9.17, 15) is 18.0 Å². The van der Waals surface area contributed by atoms with Crippen LogP contribution in [-0.2, 0) is 10.9 Å². The van der Waals surface area contributed by atoms with Crippen LogP contribution in [0.1, 0.15) is 16.7 Å². The summed E-state index contributed by atoms with van der Waals surface area (Å²) in [5.74, 6) is 0. The van der Waals surface area contributed by atoms with Gasteiger partial charge in [-0.25, -0.2) is 10.2 Å². The monoisotopic (exact) mass is 349 g/mol. The smallest absolute Gasteiger partial charge is 0.428 e. The van der Waals surface area contributed by atoms with Crippen molar-refractivity contribution in [1.82, 2.24) is 5.43 Å². The summed E-state index contributed by atoms with van der Waals surface area (Å²) in [5, 5.41) is 3.74. The van der Waals surface area contributed by atoms with Crippen LogP contribution in [0.4, 0.5) is 23.7 Å². The van der Waals surface area contributed by atoms with Crippen LogP contribution in [0.2, 0.25) is 0 Å². The second-order valence-corrected chi connectivity index (χ2v) is 5.58. The van der Waals surface area contributed by atoms with E-state index in [2.05, 4.69) is 10.5 Å². The van der Waals surface area contributed by atoms with Crippen molar-refractivity contribution >= 4 is 17.5 Å². The van der Waals surface area contributed by atoms with Crippen molar-refractivity contribution in [1.29, 1.82) is 0 Å². The van der Waals surface area contributed by atoms with Crippen LogP contribution in [0.5, 0.6) is 0 Å². The van der Waals surface area contributed by atoms with Gasteiger partial charge in [0, 0.05) is 11.3 Å². The third-order valence-electron chi connectivity index (χ3n) is 3.87. The minimum atomic E-state index is -4.57. The van der Waals surface area contributed by atoms with E-state index >= 15 is 0 Å². The van der Waals surface area contributed by atoms with Gasteiger partial charge in [-0.15, -0.1) is 0 Å². The Balaban J connectivity index is 2.10.